The summed E-state index contributed by atoms with van der Waals surface area (Å²) in [4.78, 5) is 99.8. The minimum absolute atomic E-state index is 0.0356. The largest absolute Gasteiger partial charge is 0.510 e. The molecule has 3 aromatic carbocycles. The second-order valence-electron chi connectivity index (χ2n) is 15.2. The van der Waals surface area contributed by atoms with Gasteiger partial charge in [0.25, 0.3) is 29.5 Å². The molecule has 57 heavy (non-hydrogen) atoms. The van der Waals surface area contributed by atoms with Gasteiger partial charge in [0.2, 0.25) is 5.78 Å². The van der Waals surface area contributed by atoms with Gasteiger partial charge in [0.05, 0.1) is 40.4 Å². The van der Waals surface area contributed by atoms with E-state index in [0.29, 0.717) is 11.3 Å². The number of phenols is 1. The molecular weight excluding hydrogens is 738 g/mol. The Hall–Kier alpha value is -6.65. The van der Waals surface area contributed by atoms with Crippen LogP contribution in [0.25, 0.3) is 0 Å². The van der Waals surface area contributed by atoms with Crippen LogP contribution in [0.2, 0.25) is 0 Å². The number of aliphatic hydroxyl groups is 3. The lowest BCUT2D eigenvalue weighted by atomic mass is 9.58. The van der Waals surface area contributed by atoms with E-state index in [0.717, 1.165) is 9.80 Å². The van der Waals surface area contributed by atoms with E-state index in [4.69, 9.17) is 0 Å². The first-order valence-corrected chi connectivity index (χ1v) is 18.1. The average molecular weight is 776 g/mol. The zero-order valence-corrected chi connectivity index (χ0v) is 31.2. The third kappa shape index (κ3) is 5.17. The molecule has 0 saturated heterocycles. The maximum Gasteiger partial charge on any atom is 0.263 e. The van der Waals surface area contributed by atoms with Crippen LogP contribution in [-0.4, -0.2) is 123 Å². The van der Waals surface area contributed by atoms with Gasteiger partial charge in [-0.25, -0.2) is 0 Å². The number of nitrogens with zero attached hydrogens (tertiary/aromatic N) is 4. The molecule has 2 heterocycles. The van der Waals surface area contributed by atoms with Crippen molar-refractivity contribution in [2.75, 3.05) is 39.8 Å². The van der Waals surface area contributed by atoms with Crippen LogP contribution in [0.4, 0.5) is 5.69 Å². The lowest BCUT2D eigenvalue weighted by molar-refractivity contribution is -0.148. The number of rotatable bonds is 7. The summed E-state index contributed by atoms with van der Waals surface area (Å²) < 4.78 is 0. The highest BCUT2D eigenvalue weighted by Gasteiger charge is 2.63. The molecule has 8 rings (SSSR count). The molecule has 292 valence electrons. The smallest absolute Gasteiger partial charge is 0.263 e. The third-order valence-corrected chi connectivity index (χ3v) is 11.7. The number of hydrogen-bond acceptors (Lipinski definition) is 13. The molecule has 0 aromatic heterocycles. The number of likely N-dealkylation sites (N-methyl/N-ethyl adjacent to an activating group) is 1. The van der Waals surface area contributed by atoms with E-state index in [1.54, 1.807) is 49.3 Å². The molecule has 0 fully saturated rings. The van der Waals surface area contributed by atoms with Gasteiger partial charge in [-0.2, -0.15) is 0 Å². The molecule has 0 saturated carbocycles. The molecule has 0 spiro atoms. The van der Waals surface area contributed by atoms with Gasteiger partial charge in [-0.3, -0.25) is 48.3 Å². The molecule has 0 radical (unpaired) electrons. The number of amides is 5. The van der Waals surface area contributed by atoms with Crippen LogP contribution >= 0.6 is 0 Å². The van der Waals surface area contributed by atoms with Gasteiger partial charge in [-0.15, -0.1) is 0 Å². The van der Waals surface area contributed by atoms with E-state index in [1.807, 2.05) is 0 Å². The first kappa shape index (κ1) is 37.3. The van der Waals surface area contributed by atoms with E-state index in [9.17, 15) is 54.0 Å². The predicted octanol–water partition coefficient (Wildman–Crippen LogP) is 1.87. The number of aliphatic hydroxyl groups excluding tert-OH is 2. The third-order valence-electron chi connectivity index (χ3n) is 11.7. The molecular formula is C41H37N5O11. The summed E-state index contributed by atoms with van der Waals surface area (Å²) in [6.07, 6.45) is -0.0953. The highest BCUT2D eigenvalue weighted by Crippen LogP contribution is 2.53. The lowest BCUT2D eigenvalue weighted by Crippen LogP contribution is -2.64. The quantitative estimate of drug-likeness (QED) is 0.171. The maximum atomic E-state index is 14.6. The van der Waals surface area contributed by atoms with Crippen molar-refractivity contribution in [1.29, 1.82) is 0 Å². The van der Waals surface area contributed by atoms with E-state index >= 15 is 0 Å². The number of aromatic hydroxyl groups is 1. The average Bonchev–Trinajstić information content (AvgIpc) is 3.56. The number of phenolic OH excluding ortho intramolecular Hbond substituents is 1. The van der Waals surface area contributed by atoms with E-state index in [1.165, 1.54) is 43.3 Å². The van der Waals surface area contributed by atoms with Gasteiger partial charge in [-0.1, -0.05) is 24.3 Å². The van der Waals surface area contributed by atoms with Gasteiger partial charge < -0.3 is 30.6 Å². The summed E-state index contributed by atoms with van der Waals surface area (Å²) >= 11 is 0. The highest BCUT2D eigenvalue weighted by atomic mass is 16.3. The number of anilines is 1. The predicted molar refractivity (Wildman–Crippen MR) is 199 cm³/mol. The summed E-state index contributed by atoms with van der Waals surface area (Å²) in [5.74, 6) is -10.6. The van der Waals surface area contributed by atoms with Crippen LogP contribution in [0.5, 0.6) is 5.75 Å². The van der Waals surface area contributed by atoms with Crippen LogP contribution < -0.4 is 10.2 Å². The molecule has 0 bridgehead atoms. The standard InChI is InChI=1S/C41H37N5O11/c1-43(2)26-15-19(16-45-37(53)20-9-5-6-10-21(20)38(45)54)31(47)28-24(26)13-18-14-25-30(44(3)4)33(49)29(35(51)41(25,57)34(50)27(18)32(28)48)36(52)42-17-46-39(55)22-11-7-8-12-23(22)40(46)56/h5-12,15,18,25,30,47,49-50,57H,13-14,16-17H2,1-4H3,(H,42,52)/t18-,25-,30-,41-/m0/s1. The summed E-state index contributed by atoms with van der Waals surface area (Å²) in [6, 6.07) is 12.6. The normalized spacial score (nSPS) is 23.9. The highest BCUT2D eigenvalue weighted by molar-refractivity contribution is 6.26. The Bertz CT molecular complexity index is 2420. The Morgan fingerprint density at radius 3 is 1.86 bits per heavy atom. The maximum absolute atomic E-state index is 14.6. The van der Waals surface area contributed by atoms with Crippen LogP contribution in [0.3, 0.4) is 0 Å². The minimum atomic E-state index is -2.92. The number of benzene rings is 3. The molecule has 16 heteroatoms. The number of fused-ring (bicyclic) bond motifs is 5. The topological polar surface area (TPSA) is 225 Å². The van der Waals surface area contributed by atoms with E-state index in [-0.39, 0.29) is 51.8 Å². The number of imide groups is 2. The molecule has 5 aliphatic rings. The number of ketones is 2. The van der Waals surface area contributed by atoms with Crippen molar-refractivity contribution in [2.45, 2.75) is 31.0 Å². The van der Waals surface area contributed by atoms with Crippen LogP contribution in [0, 0.1) is 11.8 Å². The van der Waals surface area contributed by atoms with Gasteiger partial charge in [0.15, 0.2) is 11.4 Å². The van der Waals surface area contributed by atoms with Crippen molar-refractivity contribution in [2.24, 2.45) is 11.8 Å². The van der Waals surface area contributed by atoms with Crippen LogP contribution in [-0.2, 0) is 22.6 Å². The first-order chi connectivity index (χ1) is 27.0. The molecule has 0 unspecified atom stereocenters. The Labute approximate surface area is 324 Å². The molecule has 5 N–H and O–H groups in total. The summed E-state index contributed by atoms with van der Waals surface area (Å²) in [5, 5.41) is 49.9. The fourth-order valence-corrected chi connectivity index (χ4v) is 9.03. The Kier molecular flexibility index (Phi) is 8.48. The second kappa shape index (κ2) is 13.0. The van der Waals surface area contributed by atoms with Gasteiger partial charge >= 0.3 is 0 Å². The van der Waals surface area contributed by atoms with Crippen molar-refractivity contribution in [3.8, 4) is 5.75 Å². The SMILES string of the molecule is CN(C)c1cc(CN2C(=O)c3ccccc3C2=O)c(O)c2c1C[C@H]1C[C@H]3[C@H](N(C)C)C(O)=C(C(=O)NCN4C(=O)c5ccccc5C4=O)C(=O)[C@@]3(O)C(O)=C1C2=O. The lowest BCUT2D eigenvalue weighted by Gasteiger charge is -2.50. The van der Waals surface area contributed by atoms with Gasteiger partial charge in [-0.05, 0) is 68.8 Å². The molecule has 3 aliphatic carbocycles. The number of nitrogens with one attached hydrogen (secondary N) is 1. The number of carbonyl (C=O) groups is 7. The Morgan fingerprint density at radius 1 is 0.825 bits per heavy atom. The van der Waals surface area contributed by atoms with Crippen molar-refractivity contribution in [1.82, 2.24) is 20.0 Å². The zero-order chi connectivity index (χ0) is 41.0. The van der Waals surface area contributed by atoms with E-state index in [2.05, 4.69) is 5.32 Å². The van der Waals surface area contributed by atoms with Crippen molar-refractivity contribution < 1.29 is 54.0 Å². The second-order valence-corrected chi connectivity index (χ2v) is 15.2. The number of hydrogen-bond donors (Lipinski definition) is 5. The molecule has 2 aliphatic heterocycles. The number of allylic oxidation sites excluding steroid dienone is 1. The van der Waals surface area contributed by atoms with Crippen molar-refractivity contribution in [3.05, 3.63) is 116 Å². The molecule has 3 aromatic rings. The monoisotopic (exact) mass is 775 g/mol. The van der Waals surface area contributed by atoms with Crippen LogP contribution in [0.15, 0.2) is 77.3 Å². The zero-order valence-electron chi connectivity index (χ0n) is 31.2. The Balaban J connectivity index is 1.16. The molecule has 4 atom stereocenters. The summed E-state index contributed by atoms with van der Waals surface area (Å²) in [5.41, 5.74) is -2.96. The van der Waals surface area contributed by atoms with Crippen molar-refractivity contribution in [3.63, 3.8) is 0 Å². The number of carbonyl (C=O) groups excluding carboxylic acids is 7. The number of Topliss-reactive ketones (excluding diaryl/α,β-unsaturated/α-hetero) is 2. The summed E-state index contributed by atoms with van der Waals surface area (Å²) in [6.45, 7) is -1.09. The van der Waals surface area contributed by atoms with Gasteiger partial charge in [0, 0.05) is 36.8 Å². The molecule has 16 nitrogen and oxygen atoms in total. The van der Waals surface area contributed by atoms with Crippen LogP contribution in [0.1, 0.15) is 69.3 Å². The van der Waals surface area contributed by atoms with Gasteiger partial charge in [0.1, 0.15) is 29.5 Å². The first-order valence-electron chi connectivity index (χ1n) is 18.1. The summed E-state index contributed by atoms with van der Waals surface area (Å²) in [7, 11) is 6.47. The van der Waals surface area contributed by atoms with E-state index < -0.39 is 101 Å². The fourth-order valence-electron chi connectivity index (χ4n) is 9.03. The molecule has 5 amide bonds. The minimum Gasteiger partial charge on any atom is -0.510 e. The fraction of sp³-hybridized carbons (Fsp3) is 0.293. The Morgan fingerprint density at radius 2 is 1.35 bits per heavy atom. The van der Waals surface area contributed by atoms with Crippen molar-refractivity contribution >= 4 is 46.8 Å².